The predicted octanol–water partition coefficient (Wildman–Crippen LogP) is 0.855. The van der Waals surface area contributed by atoms with Gasteiger partial charge in [-0.05, 0) is 19.3 Å². The minimum atomic E-state index is -1.12. The largest absolute Gasteiger partial charge is 0.480 e. The highest BCUT2D eigenvalue weighted by atomic mass is 16.4. The van der Waals surface area contributed by atoms with Crippen molar-refractivity contribution in [2.45, 2.75) is 25.3 Å². The third kappa shape index (κ3) is 5.60. The quantitative estimate of drug-likeness (QED) is 0.374. The van der Waals surface area contributed by atoms with Gasteiger partial charge in [-0.3, -0.25) is 9.59 Å². The summed E-state index contributed by atoms with van der Waals surface area (Å²) < 4.78 is 0. The molecule has 1 aromatic rings. The number of hydrogen-bond acceptors (Lipinski definition) is 4. The first-order chi connectivity index (χ1) is 9.91. The summed E-state index contributed by atoms with van der Waals surface area (Å²) in [5, 5.41) is 19.0. The number of carbonyl (C=O) groups is 3. The van der Waals surface area contributed by atoms with Crippen LogP contribution in [-0.2, 0) is 4.79 Å². The number of carboxylic acids is 1. The number of Topliss-reactive ketones (excluding diaryl/α,β-unsaturated/α-hetero) is 1. The maximum atomic E-state index is 11.9. The van der Waals surface area contributed by atoms with E-state index in [1.54, 1.807) is 30.3 Å². The smallest absolute Gasteiger partial charge is 0.326 e. The van der Waals surface area contributed by atoms with Crippen molar-refractivity contribution in [1.29, 1.82) is 5.41 Å². The zero-order chi connectivity index (χ0) is 15.8. The Labute approximate surface area is 123 Å². The zero-order valence-electron chi connectivity index (χ0n) is 11.8. The van der Waals surface area contributed by atoms with Crippen molar-refractivity contribution in [2.75, 3.05) is 0 Å². The Morgan fingerprint density at radius 2 is 1.86 bits per heavy atom. The van der Waals surface area contributed by atoms with Crippen LogP contribution in [0.5, 0.6) is 0 Å². The molecule has 1 aromatic carbocycles. The van der Waals surface area contributed by atoms with Crippen molar-refractivity contribution in [3.8, 4) is 0 Å². The molecule has 0 radical (unpaired) electrons. The molecule has 3 N–H and O–H groups in total. The van der Waals surface area contributed by atoms with Gasteiger partial charge in [-0.2, -0.15) is 0 Å². The lowest BCUT2D eigenvalue weighted by molar-refractivity contribution is -0.139. The van der Waals surface area contributed by atoms with Crippen LogP contribution in [0.2, 0.25) is 0 Å². The summed E-state index contributed by atoms with van der Waals surface area (Å²) in [6.07, 6.45) is 0.700. The van der Waals surface area contributed by atoms with Crippen LogP contribution in [0, 0.1) is 5.41 Å². The van der Waals surface area contributed by atoms with Gasteiger partial charge in [0.15, 0.2) is 5.81 Å². The Bertz CT molecular complexity index is 545. The van der Waals surface area contributed by atoms with Crippen molar-refractivity contribution < 1.29 is 19.5 Å². The number of benzene rings is 1. The molecular formula is C14H17BN2O4. The highest BCUT2D eigenvalue weighted by Crippen LogP contribution is 2.07. The number of amides is 1. The Balaban J connectivity index is 2.47. The van der Waals surface area contributed by atoms with Crippen LogP contribution < -0.4 is 5.32 Å². The predicted molar refractivity (Wildman–Crippen MR) is 80.8 cm³/mol. The van der Waals surface area contributed by atoms with E-state index in [1.807, 2.05) is 0 Å². The summed E-state index contributed by atoms with van der Waals surface area (Å²) in [6.45, 7) is 0. The van der Waals surface area contributed by atoms with Gasteiger partial charge in [0.1, 0.15) is 6.04 Å². The molecule has 21 heavy (non-hydrogen) atoms. The van der Waals surface area contributed by atoms with Gasteiger partial charge in [-0.25, -0.2) is 4.79 Å². The first-order valence-corrected chi connectivity index (χ1v) is 6.59. The molecule has 0 unspecified atom stereocenters. The van der Waals surface area contributed by atoms with Gasteiger partial charge in [-0.15, -0.1) is 0 Å². The van der Waals surface area contributed by atoms with E-state index in [2.05, 4.69) is 5.32 Å². The topological polar surface area (TPSA) is 107 Å². The molecular weight excluding hydrogens is 271 g/mol. The Kier molecular flexibility index (Phi) is 6.32. The van der Waals surface area contributed by atoms with Crippen molar-refractivity contribution >= 4 is 31.1 Å². The molecule has 0 fully saturated rings. The molecule has 1 atom stereocenters. The number of rotatable bonds is 8. The summed E-state index contributed by atoms with van der Waals surface area (Å²) in [5.41, 5.74) is 0.382. The van der Waals surface area contributed by atoms with E-state index >= 15 is 0 Å². The highest BCUT2D eigenvalue weighted by Gasteiger charge is 2.19. The fourth-order valence-corrected chi connectivity index (χ4v) is 1.86. The second kappa shape index (κ2) is 7.99. The van der Waals surface area contributed by atoms with Gasteiger partial charge >= 0.3 is 5.97 Å². The SMILES string of the molecule is BC(=O)N[C@@H](CCCC(=N)C(=O)c1ccccc1)C(=O)O. The molecule has 0 aliphatic heterocycles. The first-order valence-electron chi connectivity index (χ1n) is 6.59. The molecule has 0 spiro atoms. The molecule has 0 heterocycles. The first kappa shape index (κ1) is 16.6. The number of ketones is 1. The monoisotopic (exact) mass is 288 g/mol. The standard InChI is InChI=1S/C14H17BN2O4/c15-14(21)17-11(13(19)20)8-4-7-10(16)12(18)9-5-2-1-3-6-9/h1-3,5-6,11,16H,4,7-8,15H2,(H,17,21)(H,19,20)/t11-/m0/s1. The second-order valence-corrected chi connectivity index (χ2v) is 4.66. The van der Waals surface area contributed by atoms with Crippen molar-refractivity contribution in [3.05, 3.63) is 35.9 Å². The summed E-state index contributed by atoms with van der Waals surface area (Å²) in [5.74, 6) is -1.90. The second-order valence-electron chi connectivity index (χ2n) is 4.66. The minimum absolute atomic E-state index is 0.0619. The van der Waals surface area contributed by atoms with Crippen LogP contribution in [0.15, 0.2) is 30.3 Å². The van der Waals surface area contributed by atoms with E-state index in [4.69, 9.17) is 10.5 Å². The van der Waals surface area contributed by atoms with Crippen LogP contribution in [0.1, 0.15) is 29.6 Å². The van der Waals surface area contributed by atoms with Crippen molar-refractivity contribution in [3.63, 3.8) is 0 Å². The van der Waals surface area contributed by atoms with Gasteiger partial charge in [0.25, 0.3) is 0 Å². The molecule has 0 aliphatic carbocycles. The van der Waals surface area contributed by atoms with E-state index in [0.29, 0.717) is 12.0 Å². The van der Waals surface area contributed by atoms with Crippen LogP contribution in [0.25, 0.3) is 0 Å². The van der Waals surface area contributed by atoms with E-state index in [9.17, 15) is 14.4 Å². The zero-order valence-corrected chi connectivity index (χ0v) is 11.8. The van der Waals surface area contributed by atoms with E-state index in [-0.39, 0.29) is 24.3 Å². The minimum Gasteiger partial charge on any atom is -0.480 e. The molecule has 0 bridgehead atoms. The molecule has 0 aliphatic rings. The molecule has 1 amide bonds. The summed E-state index contributed by atoms with van der Waals surface area (Å²) in [7, 11) is 1.25. The lowest BCUT2D eigenvalue weighted by Crippen LogP contribution is -2.40. The number of carbonyl (C=O) groups excluding carboxylic acids is 2. The van der Waals surface area contributed by atoms with Gasteiger partial charge < -0.3 is 15.8 Å². The Morgan fingerprint density at radius 3 is 2.38 bits per heavy atom. The third-order valence-electron chi connectivity index (χ3n) is 2.91. The maximum absolute atomic E-state index is 11.9. The molecule has 0 saturated carbocycles. The van der Waals surface area contributed by atoms with E-state index in [1.165, 1.54) is 7.85 Å². The summed E-state index contributed by atoms with van der Waals surface area (Å²) in [6, 6.07) is 7.51. The van der Waals surface area contributed by atoms with Crippen LogP contribution in [0.4, 0.5) is 4.79 Å². The third-order valence-corrected chi connectivity index (χ3v) is 2.91. The van der Waals surface area contributed by atoms with Crippen molar-refractivity contribution in [1.82, 2.24) is 5.32 Å². The molecule has 7 heteroatoms. The molecule has 0 aromatic heterocycles. The average Bonchev–Trinajstić information content (AvgIpc) is 2.45. The number of aliphatic carboxylic acids is 1. The molecule has 110 valence electrons. The van der Waals surface area contributed by atoms with Gasteiger partial charge in [0, 0.05) is 5.56 Å². The normalized spacial score (nSPS) is 11.4. The fourth-order valence-electron chi connectivity index (χ4n) is 1.86. The molecule has 1 rings (SSSR count). The van der Waals surface area contributed by atoms with Gasteiger partial charge in [-0.1, -0.05) is 30.3 Å². The summed E-state index contributed by atoms with van der Waals surface area (Å²) in [4.78, 5) is 33.7. The fraction of sp³-hybridized carbons (Fsp3) is 0.286. The van der Waals surface area contributed by atoms with E-state index < -0.39 is 17.8 Å². The van der Waals surface area contributed by atoms with Gasteiger partial charge in [0.05, 0.1) is 5.71 Å². The number of nitrogens with one attached hydrogen (secondary N) is 2. The summed E-state index contributed by atoms with van der Waals surface area (Å²) >= 11 is 0. The Hall–Kier alpha value is -2.44. The number of hydrogen-bond donors (Lipinski definition) is 3. The van der Waals surface area contributed by atoms with Crippen LogP contribution in [-0.4, -0.2) is 42.3 Å². The average molecular weight is 288 g/mol. The van der Waals surface area contributed by atoms with Gasteiger partial charge in [0.2, 0.25) is 13.6 Å². The Morgan fingerprint density at radius 1 is 1.24 bits per heavy atom. The van der Waals surface area contributed by atoms with Crippen LogP contribution >= 0.6 is 0 Å². The van der Waals surface area contributed by atoms with Crippen molar-refractivity contribution in [2.24, 2.45) is 0 Å². The maximum Gasteiger partial charge on any atom is 0.326 e. The van der Waals surface area contributed by atoms with E-state index in [0.717, 1.165) is 0 Å². The number of carboxylic acid groups (broad SMARTS) is 1. The molecule has 6 nitrogen and oxygen atoms in total. The van der Waals surface area contributed by atoms with Crippen LogP contribution in [0.3, 0.4) is 0 Å². The highest BCUT2D eigenvalue weighted by molar-refractivity contribution is 6.57. The lowest BCUT2D eigenvalue weighted by atomic mass is 10.0. The lowest BCUT2D eigenvalue weighted by Gasteiger charge is -2.13. The molecule has 0 saturated heterocycles.